The molecule has 0 spiro atoms. The smallest absolute Gasteiger partial charge is 0.221 e. The van der Waals surface area contributed by atoms with E-state index < -0.39 is 6.29 Å². The van der Waals surface area contributed by atoms with Crippen molar-refractivity contribution < 1.29 is 14.2 Å². The molecule has 0 aliphatic rings. The number of pyridine rings is 1. The first-order valence-electron chi connectivity index (χ1n) is 3.88. The summed E-state index contributed by atoms with van der Waals surface area (Å²) in [4.78, 5) is 4.03. The molecule has 0 amide bonds. The number of hydrogen-bond donors (Lipinski definition) is 0. The predicted octanol–water partition coefficient (Wildman–Crippen LogP) is 1.38. The summed E-state index contributed by atoms with van der Waals surface area (Å²) < 4.78 is 15.2. The molecule has 4 nitrogen and oxygen atoms in total. The van der Waals surface area contributed by atoms with Gasteiger partial charge < -0.3 is 14.2 Å². The summed E-state index contributed by atoms with van der Waals surface area (Å²) >= 11 is 0. The van der Waals surface area contributed by atoms with E-state index in [0.717, 1.165) is 5.56 Å². The normalized spacial score (nSPS) is 10.5. The SMILES string of the molecule is COc1ncccc1C(OC)OC. The van der Waals surface area contributed by atoms with Gasteiger partial charge >= 0.3 is 0 Å². The molecule has 4 heteroatoms. The molecule has 0 aromatic carbocycles. The second kappa shape index (κ2) is 4.79. The van der Waals surface area contributed by atoms with Gasteiger partial charge in [0.1, 0.15) is 0 Å². The highest BCUT2D eigenvalue weighted by Crippen LogP contribution is 2.24. The van der Waals surface area contributed by atoms with Crippen LogP contribution in [0, 0.1) is 0 Å². The number of methoxy groups -OCH3 is 3. The van der Waals surface area contributed by atoms with Gasteiger partial charge in [0, 0.05) is 20.4 Å². The van der Waals surface area contributed by atoms with Crippen LogP contribution in [0.2, 0.25) is 0 Å². The lowest BCUT2D eigenvalue weighted by Crippen LogP contribution is -2.06. The first-order chi connectivity index (χ1) is 6.33. The molecule has 0 aliphatic carbocycles. The van der Waals surface area contributed by atoms with Crippen LogP contribution in [0.15, 0.2) is 18.3 Å². The Morgan fingerprint density at radius 3 is 2.46 bits per heavy atom. The van der Waals surface area contributed by atoms with Crippen LogP contribution >= 0.6 is 0 Å². The van der Waals surface area contributed by atoms with E-state index in [9.17, 15) is 0 Å². The average molecular weight is 183 g/mol. The Morgan fingerprint density at radius 1 is 1.23 bits per heavy atom. The molecule has 0 bridgehead atoms. The molecular weight excluding hydrogens is 170 g/mol. The summed E-state index contributed by atoms with van der Waals surface area (Å²) in [5.74, 6) is 0.524. The minimum Gasteiger partial charge on any atom is -0.481 e. The van der Waals surface area contributed by atoms with Crippen molar-refractivity contribution in [3.8, 4) is 5.88 Å². The summed E-state index contributed by atoms with van der Waals surface area (Å²) in [6.45, 7) is 0. The molecule has 0 unspecified atom stereocenters. The zero-order valence-corrected chi connectivity index (χ0v) is 7.98. The Labute approximate surface area is 77.5 Å². The summed E-state index contributed by atoms with van der Waals surface area (Å²) in [7, 11) is 4.70. The molecule has 1 rings (SSSR count). The van der Waals surface area contributed by atoms with Gasteiger partial charge in [-0.05, 0) is 12.1 Å². The highest BCUT2D eigenvalue weighted by Gasteiger charge is 2.14. The largest absolute Gasteiger partial charge is 0.481 e. The summed E-state index contributed by atoms with van der Waals surface area (Å²) in [6.07, 6.45) is 1.23. The van der Waals surface area contributed by atoms with E-state index in [1.54, 1.807) is 27.5 Å². The number of rotatable bonds is 4. The van der Waals surface area contributed by atoms with Gasteiger partial charge in [0.05, 0.1) is 12.7 Å². The summed E-state index contributed by atoms with van der Waals surface area (Å²) in [5, 5.41) is 0. The van der Waals surface area contributed by atoms with Crippen LogP contribution in [0.5, 0.6) is 5.88 Å². The third kappa shape index (κ3) is 2.17. The maximum absolute atomic E-state index is 5.09. The Bertz CT molecular complexity index is 261. The number of hydrogen-bond acceptors (Lipinski definition) is 4. The van der Waals surface area contributed by atoms with Crippen molar-refractivity contribution in [1.29, 1.82) is 0 Å². The Morgan fingerprint density at radius 2 is 1.92 bits per heavy atom. The minimum atomic E-state index is -0.427. The second-order valence-electron chi connectivity index (χ2n) is 2.41. The van der Waals surface area contributed by atoms with E-state index in [4.69, 9.17) is 14.2 Å². The van der Waals surface area contributed by atoms with Crippen LogP contribution in [0.3, 0.4) is 0 Å². The molecule has 0 fully saturated rings. The second-order valence-corrected chi connectivity index (χ2v) is 2.41. The van der Waals surface area contributed by atoms with Crippen molar-refractivity contribution in [2.45, 2.75) is 6.29 Å². The first kappa shape index (κ1) is 9.95. The zero-order chi connectivity index (χ0) is 9.68. The van der Waals surface area contributed by atoms with E-state index in [1.165, 1.54) is 0 Å². The van der Waals surface area contributed by atoms with Crippen molar-refractivity contribution in [2.75, 3.05) is 21.3 Å². The highest BCUT2D eigenvalue weighted by molar-refractivity contribution is 5.26. The van der Waals surface area contributed by atoms with Gasteiger partial charge in [0.2, 0.25) is 5.88 Å². The van der Waals surface area contributed by atoms with E-state index in [0.29, 0.717) is 5.88 Å². The van der Waals surface area contributed by atoms with Crippen LogP contribution in [0.4, 0.5) is 0 Å². The van der Waals surface area contributed by atoms with Gasteiger partial charge in [-0.1, -0.05) is 0 Å². The van der Waals surface area contributed by atoms with Crippen molar-refractivity contribution in [3.63, 3.8) is 0 Å². The molecular formula is C9H13NO3. The summed E-state index contributed by atoms with van der Waals surface area (Å²) in [6, 6.07) is 3.66. The zero-order valence-electron chi connectivity index (χ0n) is 7.98. The van der Waals surface area contributed by atoms with Gasteiger partial charge in [0.15, 0.2) is 6.29 Å². The molecule has 0 N–H and O–H groups in total. The van der Waals surface area contributed by atoms with E-state index in [1.807, 2.05) is 12.1 Å². The van der Waals surface area contributed by atoms with Gasteiger partial charge in [-0.2, -0.15) is 0 Å². The Hall–Kier alpha value is -1.13. The van der Waals surface area contributed by atoms with Crippen LogP contribution in [0.25, 0.3) is 0 Å². The minimum absolute atomic E-state index is 0.427. The first-order valence-corrected chi connectivity index (χ1v) is 3.88. The fraction of sp³-hybridized carbons (Fsp3) is 0.444. The van der Waals surface area contributed by atoms with Gasteiger partial charge in [-0.3, -0.25) is 0 Å². The Kier molecular flexibility index (Phi) is 3.67. The average Bonchev–Trinajstić information content (AvgIpc) is 2.20. The number of aromatic nitrogens is 1. The standard InChI is InChI=1S/C9H13NO3/c1-11-8-7(5-4-6-10-8)9(12-2)13-3/h4-6,9H,1-3H3. The fourth-order valence-corrected chi connectivity index (χ4v) is 1.10. The van der Waals surface area contributed by atoms with E-state index in [-0.39, 0.29) is 0 Å². The van der Waals surface area contributed by atoms with E-state index >= 15 is 0 Å². The van der Waals surface area contributed by atoms with Gasteiger partial charge in [0.25, 0.3) is 0 Å². The topological polar surface area (TPSA) is 40.6 Å². The lowest BCUT2D eigenvalue weighted by atomic mass is 10.2. The number of ether oxygens (including phenoxy) is 3. The fourth-order valence-electron chi connectivity index (χ4n) is 1.10. The van der Waals surface area contributed by atoms with Crippen molar-refractivity contribution in [2.24, 2.45) is 0 Å². The predicted molar refractivity (Wildman–Crippen MR) is 47.5 cm³/mol. The number of nitrogens with zero attached hydrogens (tertiary/aromatic N) is 1. The quantitative estimate of drug-likeness (QED) is 0.661. The highest BCUT2D eigenvalue weighted by atomic mass is 16.7. The van der Waals surface area contributed by atoms with Gasteiger partial charge in [-0.25, -0.2) is 4.98 Å². The van der Waals surface area contributed by atoms with Crippen molar-refractivity contribution in [3.05, 3.63) is 23.9 Å². The molecule has 0 saturated heterocycles. The molecule has 13 heavy (non-hydrogen) atoms. The van der Waals surface area contributed by atoms with Crippen LogP contribution in [-0.2, 0) is 9.47 Å². The Balaban J connectivity index is 2.96. The van der Waals surface area contributed by atoms with Crippen LogP contribution in [-0.4, -0.2) is 26.3 Å². The maximum Gasteiger partial charge on any atom is 0.221 e. The summed E-state index contributed by atoms with van der Waals surface area (Å²) in [5.41, 5.74) is 0.787. The maximum atomic E-state index is 5.09. The van der Waals surface area contributed by atoms with Crippen molar-refractivity contribution >= 4 is 0 Å². The molecule has 0 saturated carbocycles. The van der Waals surface area contributed by atoms with Crippen LogP contribution < -0.4 is 4.74 Å². The monoisotopic (exact) mass is 183 g/mol. The molecule has 1 aromatic rings. The molecule has 0 atom stereocenters. The van der Waals surface area contributed by atoms with Crippen LogP contribution in [0.1, 0.15) is 11.9 Å². The molecule has 1 aromatic heterocycles. The molecule has 1 heterocycles. The lowest BCUT2D eigenvalue weighted by molar-refractivity contribution is -0.107. The van der Waals surface area contributed by atoms with E-state index in [2.05, 4.69) is 4.98 Å². The third-order valence-electron chi connectivity index (χ3n) is 1.68. The molecule has 0 radical (unpaired) electrons. The molecule has 0 aliphatic heterocycles. The third-order valence-corrected chi connectivity index (χ3v) is 1.68. The molecule has 72 valence electrons. The van der Waals surface area contributed by atoms with Gasteiger partial charge in [-0.15, -0.1) is 0 Å². The lowest BCUT2D eigenvalue weighted by Gasteiger charge is -2.15. The van der Waals surface area contributed by atoms with Crippen molar-refractivity contribution in [1.82, 2.24) is 4.98 Å².